The Morgan fingerprint density at radius 3 is 2.53 bits per heavy atom. The molecule has 202 valence electrons. The number of hydrogen-bond acceptors (Lipinski definition) is 6. The van der Waals surface area contributed by atoms with Gasteiger partial charge in [-0.25, -0.2) is 0 Å². The van der Waals surface area contributed by atoms with Crippen molar-refractivity contribution in [1.82, 2.24) is 9.88 Å². The van der Waals surface area contributed by atoms with Crippen LogP contribution in [0.4, 0.5) is 24.5 Å². The van der Waals surface area contributed by atoms with Gasteiger partial charge in [-0.2, -0.15) is 13.2 Å². The smallest absolute Gasteiger partial charge is 0.416 e. The van der Waals surface area contributed by atoms with E-state index >= 15 is 0 Å². The highest BCUT2D eigenvalue weighted by atomic mass is 19.4. The number of ether oxygens (including phenoxy) is 2. The van der Waals surface area contributed by atoms with Crippen LogP contribution in [-0.4, -0.2) is 62.3 Å². The van der Waals surface area contributed by atoms with Gasteiger partial charge >= 0.3 is 6.18 Å². The zero-order valence-corrected chi connectivity index (χ0v) is 21.6. The van der Waals surface area contributed by atoms with Gasteiger partial charge in [0.1, 0.15) is 5.75 Å². The minimum absolute atomic E-state index is 0.0288. The van der Waals surface area contributed by atoms with Crippen LogP contribution in [0, 0.1) is 12.8 Å². The molecule has 38 heavy (non-hydrogen) atoms. The molecule has 2 fully saturated rings. The first-order chi connectivity index (χ1) is 18.2. The van der Waals surface area contributed by atoms with E-state index in [1.54, 1.807) is 19.4 Å². The Balaban J connectivity index is 1.41. The van der Waals surface area contributed by atoms with Gasteiger partial charge < -0.3 is 24.6 Å². The first kappa shape index (κ1) is 26.1. The molecular formula is C28H31F3N4O3. The summed E-state index contributed by atoms with van der Waals surface area (Å²) in [6.07, 6.45) is -2.74. The van der Waals surface area contributed by atoms with Gasteiger partial charge in [-0.15, -0.1) is 0 Å². The predicted octanol–water partition coefficient (Wildman–Crippen LogP) is 5.04. The highest BCUT2D eigenvalue weighted by molar-refractivity contribution is 5.95. The molecule has 7 nitrogen and oxygen atoms in total. The van der Waals surface area contributed by atoms with Crippen molar-refractivity contribution in [2.24, 2.45) is 5.92 Å². The molecule has 0 spiro atoms. The minimum Gasteiger partial charge on any atom is -0.495 e. The van der Waals surface area contributed by atoms with Crippen molar-refractivity contribution in [2.45, 2.75) is 26.1 Å². The monoisotopic (exact) mass is 528 g/mol. The van der Waals surface area contributed by atoms with Gasteiger partial charge in [0, 0.05) is 55.6 Å². The van der Waals surface area contributed by atoms with Gasteiger partial charge in [-0.1, -0.05) is 12.1 Å². The number of halogens is 3. The summed E-state index contributed by atoms with van der Waals surface area (Å²) in [6.45, 7) is 6.89. The Labute approximate surface area is 219 Å². The van der Waals surface area contributed by atoms with Crippen LogP contribution in [0.1, 0.15) is 29.7 Å². The first-order valence-corrected chi connectivity index (χ1v) is 12.7. The van der Waals surface area contributed by atoms with Gasteiger partial charge in [-0.3, -0.25) is 9.78 Å². The lowest BCUT2D eigenvalue weighted by Crippen LogP contribution is -2.53. The zero-order valence-electron chi connectivity index (χ0n) is 21.6. The number of benzene rings is 2. The van der Waals surface area contributed by atoms with Crippen molar-refractivity contribution in [1.29, 1.82) is 0 Å². The fraction of sp³-hybridized carbons (Fsp3) is 0.429. The van der Waals surface area contributed by atoms with Gasteiger partial charge in [0.15, 0.2) is 0 Å². The van der Waals surface area contributed by atoms with Crippen molar-refractivity contribution < 1.29 is 27.4 Å². The number of fused-ring (bicyclic) bond motifs is 1. The van der Waals surface area contributed by atoms with Gasteiger partial charge in [0.05, 0.1) is 43.0 Å². The first-order valence-electron chi connectivity index (χ1n) is 12.7. The van der Waals surface area contributed by atoms with Crippen LogP contribution in [0.5, 0.6) is 5.75 Å². The molecule has 0 aliphatic carbocycles. The highest BCUT2D eigenvalue weighted by Gasteiger charge is 2.34. The van der Waals surface area contributed by atoms with E-state index in [-0.39, 0.29) is 23.4 Å². The molecular weight excluding hydrogens is 497 g/mol. The number of anilines is 2. The van der Waals surface area contributed by atoms with Crippen molar-refractivity contribution in [3.8, 4) is 5.75 Å². The molecule has 3 aromatic rings. The van der Waals surface area contributed by atoms with Crippen LogP contribution in [-0.2, 0) is 15.7 Å². The standard InChI is InChI=1S/C28H31F3N4O3/c1-17-20(5-4-6-22(17)28(29,30)31)18(2)33-23-7-8-32-24-14-26(37-3)25(13-21(23)24)34-9-11-35(12-10-34)27(36)19-15-38-16-19/h4-8,13-14,18-19H,9-12,15-16H2,1-3H3,(H,32,33)/t18-/m1/s1. The second-order valence-electron chi connectivity index (χ2n) is 9.83. The van der Waals surface area contributed by atoms with E-state index < -0.39 is 11.7 Å². The third kappa shape index (κ3) is 4.97. The van der Waals surface area contributed by atoms with E-state index in [4.69, 9.17) is 9.47 Å². The van der Waals surface area contributed by atoms with Gasteiger partial charge in [0.25, 0.3) is 0 Å². The molecule has 0 saturated carbocycles. The summed E-state index contributed by atoms with van der Waals surface area (Å²) in [5.41, 5.74) is 2.53. The molecule has 0 radical (unpaired) electrons. The SMILES string of the molecule is COc1cc2nccc(N[C@H](C)c3cccc(C(F)(F)F)c3C)c2cc1N1CCN(C(=O)C2COC2)CC1. The summed E-state index contributed by atoms with van der Waals surface area (Å²) in [5, 5.41) is 4.24. The zero-order chi connectivity index (χ0) is 27.0. The third-order valence-electron chi connectivity index (χ3n) is 7.48. The molecule has 1 N–H and O–H groups in total. The second kappa shape index (κ2) is 10.3. The predicted molar refractivity (Wildman–Crippen MR) is 140 cm³/mol. The maximum absolute atomic E-state index is 13.5. The normalized spacial score (nSPS) is 17.3. The molecule has 3 heterocycles. The number of hydrogen-bond donors (Lipinski definition) is 1. The average molecular weight is 529 g/mol. The number of alkyl halides is 3. The topological polar surface area (TPSA) is 66.9 Å². The second-order valence-corrected chi connectivity index (χ2v) is 9.83. The lowest BCUT2D eigenvalue weighted by molar-refractivity contribution is -0.150. The molecule has 0 bridgehead atoms. The van der Waals surface area contributed by atoms with Crippen LogP contribution < -0.4 is 15.0 Å². The van der Waals surface area contributed by atoms with Crippen molar-refractivity contribution in [3.05, 3.63) is 59.3 Å². The number of rotatable bonds is 6. The van der Waals surface area contributed by atoms with Crippen LogP contribution >= 0.6 is 0 Å². The number of carbonyl (C=O) groups is 1. The number of pyridine rings is 1. The third-order valence-corrected chi connectivity index (χ3v) is 7.48. The van der Waals surface area contributed by atoms with Crippen LogP contribution in [0.2, 0.25) is 0 Å². The molecule has 1 atom stereocenters. The summed E-state index contributed by atoms with van der Waals surface area (Å²) in [5.74, 6) is 0.797. The molecule has 0 unspecified atom stereocenters. The molecule has 2 aliphatic heterocycles. The van der Waals surface area contributed by atoms with E-state index in [2.05, 4.69) is 15.2 Å². The van der Waals surface area contributed by atoms with Crippen LogP contribution in [0.25, 0.3) is 10.9 Å². The number of amides is 1. The molecule has 2 aliphatic rings. The minimum atomic E-state index is -4.41. The van der Waals surface area contributed by atoms with E-state index in [9.17, 15) is 18.0 Å². The molecule has 2 saturated heterocycles. The fourth-order valence-corrected chi connectivity index (χ4v) is 5.24. The number of methoxy groups -OCH3 is 1. The van der Waals surface area contributed by atoms with Gasteiger partial charge in [0.2, 0.25) is 5.91 Å². The van der Waals surface area contributed by atoms with E-state index in [1.165, 1.54) is 13.0 Å². The molecule has 5 rings (SSSR count). The highest BCUT2D eigenvalue weighted by Crippen LogP contribution is 2.38. The average Bonchev–Trinajstić information content (AvgIpc) is 2.86. The summed E-state index contributed by atoms with van der Waals surface area (Å²) in [4.78, 5) is 21.2. The molecule has 1 amide bonds. The Morgan fingerprint density at radius 1 is 1.16 bits per heavy atom. The number of carbonyl (C=O) groups excluding carboxylic acids is 1. The van der Waals surface area contributed by atoms with E-state index in [1.807, 2.05) is 30.0 Å². The summed E-state index contributed by atoms with van der Waals surface area (Å²) >= 11 is 0. The Kier molecular flexibility index (Phi) is 7.09. The van der Waals surface area contributed by atoms with E-state index in [0.29, 0.717) is 56.2 Å². The maximum atomic E-state index is 13.5. The summed E-state index contributed by atoms with van der Waals surface area (Å²) in [6, 6.07) is 9.61. The van der Waals surface area contributed by atoms with Crippen molar-refractivity contribution in [2.75, 3.05) is 56.7 Å². The van der Waals surface area contributed by atoms with Crippen molar-refractivity contribution in [3.63, 3.8) is 0 Å². The number of nitrogens with one attached hydrogen (secondary N) is 1. The largest absolute Gasteiger partial charge is 0.495 e. The molecule has 10 heteroatoms. The Morgan fingerprint density at radius 2 is 1.89 bits per heavy atom. The van der Waals surface area contributed by atoms with Gasteiger partial charge in [-0.05, 0) is 43.2 Å². The van der Waals surface area contributed by atoms with Crippen LogP contribution in [0.3, 0.4) is 0 Å². The fourth-order valence-electron chi connectivity index (χ4n) is 5.24. The lowest BCUT2D eigenvalue weighted by atomic mass is 9.97. The number of piperazine rings is 1. The molecule has 1 aromatic heterocycles. The molecule has 2 aromatic carbocycles. The summed E-state index contributed by atoms with van der Waals surface area (Å²) < 4.78 is 51.3. The number of aromatic nitrogens is 1. The lowest BCUT2D eigenvalue weighted by Gasteiger charge is -2.39. The summed E-state index contributed by atoms with van der Waals surface area (Å²) in [7, 11) is 1.61. The van der Waals surface area contributed by atoms with Crippen molar-refractivity contribution >= 4 is 28.2 Å². The quantitative estimate of drug-likeness (QED) is 0.484. The van der Waals surface area contributed by atoms with Crippen LogP contribution in [0.15, 0.2) is 42.6 Å². The maximum Gasteiger partial charge on any atom is 0.416 e. The Hall–Kier alpha value is -3.53. The van der Waals surface area contributed by atoms with E-state index in [0.717, 1.165) is 22.8 Å². The number of nitrogens with zero attached hydrogens (tertiary/aromatic N) is 3. The Bertz CT molecular complexity index is 1330.